The Kier molecular flexibility index (Phi) is 5.87. The quantitative estimate of drug-likeness (QED) is 0.203. The van der Waals surface area contributed by atoms with Crippen molar-refractivity contribution in [1.82, 2.24) is 4.68 Å². The number of aromatic nitrogens is 1. The predicted octanol–water partition coefficient (Wildman–Crippen LogP) is 5.72. The average Bonchev–Trinajstić information content (AvgIpc) is 3.45. The minimum absolute atomic E-state index is 0.00000838. The van der Waals surface area contributed by atoms with Crippen molar-refractivity contribution in [2.45, 2.75) is 13.8 Å². The molecular weight excluding hydrogens is 471 g/mol. The van der Waals surface area contributed by atoms with Gasteiger partial charge in [0.05, 0.1) is 34.1 Å². The number of halogens is 1. The SMILES string of the molecule is Cc1ccc(N=c2scc(-c3ccc(F)cc3)n2N=Cc2cc3c(cc2[N+](=O)[O-])OCO3)c(C)c1. The third-order valence-electron chi connectivity index (χ3n) is 5.42. The summed E-state index contributed by atoms with van der Waals surface area (Å²) in [5, 5.41) is 18.1. The molecular formula is C25H19FN4O4S. The molecule has 0 fully saturated rings. The second-order valence-electron chi connectivity index (χ2n) is 7.89. The molecule has 1 aliphatic rings. The van der Waals surface area contributed by atoms with E-state index in [9.17, 15) is 14.5 Å². The number of nitro groups is 1. The van der Waals surface area contributed by atoms with Gasteiger partial charge < -0.3 is 9.47 Å². The summed E-state index contributed by atoms with van der Waals surface area (Å²) in [4.78, 5) is 16.5. The smallest absolute Gasteiger partial charge is 0.282 e. The molecule has 0 radical (unpaired) electrons. The van der Waals surface area contributed by atoms with Crippen LogP contribution in [0.5, 0.6) is 11.5 Å². The van der Waals surface area contributed by atoms with Gasteiger partial charge in [0.15, 0.2) is 11.5 Å². The minimum Gasteiger partial charge on any atom is -0.454 e. The molecule has 1 aromatic heterocycles. The van der Waals surface area contributed by atoms with Crippen molar-refractivity contribution >= 4 is 28.9 Å². The highest BCUT2D eigenvalue weighted by molar-refractivity contribution is 7.07. The van der Waals surface area contributed by atoms with Gasteiger partial charge in [-0.3, -0.25) is 10.1 Å². The second-order valence-corrected chi connectivity index (χ2v) is 8.73. The van der Waals surface area contributed by atoms with Crippen LogP contribution in [0.15, 0.2) is 70.1 Å². The number of thiazole rings is 1. The standard InChI is InChI=1S/C25H19FN4O4S/c1-15-3-8-20(16(2)9-15)28-25-29(22(13-35-25)17-4-6-19(26)7-5-17)27-12-18-10-23-24(34-14-33-23)11-21(18)30(31)32/h3-13H,14H2,1-2H3. The molecule has 1 aliphatic heterocycles. The van der Waals surface area contributed by atoms with E-state index in [1.54, 1.807) is 16.8 Å². The number of nitro benzene ring substituents is 1. The van der Waals surface area contributed by atoms with Crippen molar-refractivity contribution in [2.24, 2.45) is 10.1 Å². The summed E-state index contributed by atoms with van der Waals surface area (Å²) in [5.41, 5.74) is 4.39. The van der Waals surface area contributed by atoms with Crippen molar-refractivity contribution in [3.05, 3.63) is 97.4 Å². The molecule has 8 nitrogen and oxygen atoms in total. The molecule has 3 aromatic carbocycles. The molecule has 0 aliphatic carbocycles. The highest BCUT2D eigenvalue weighted by Gasteiger charge is 2.22. The fourth-order valence-electron chi connectivity index (χ4n) is 3.67. The number of rotatable bonds is 5. The first-order valence-corrected chi connectivity index (χ1v) is 11.5. The highest BCUT2D eigenvalue weighted by Crippen LogP contribution is 2.37. The number of ether oxygens (including phenoxy) is 2. The largest absolute Gasteiger partial charge is 0.454 e. The van der Waals surface area contributed by atoms with Crippen molar-refractivity contribution in [3.8, 4) is 22.8 Å². The Bertz CT molecular complexity index is 1540. The maximum absolute atomic E-state index is 13.5. The first kappa shape index (κ1) is 22.5. The number of nitrogens with zero attached hydrogens (tertiary/aromatic N) is 4. The van der Waals surface area contributed by atoms with E-state index in [0.29, 0.717) is 22.0 Å². The molecule has 35 heavy (non-hydrogen) atoms. The van der Waals surface area contributed by atoms with Crippen LogP contribution in [0.2, 0.25) is 0 Å². The molecule has 0 amide bonds. The lowest BCUT2D eigenvalue weighted by molar-refractivity contribution is -0.385. The van der Waals surface area contributed by atoms with Gasteiger partial charge in [0, 0.05) is 10.9 Å². The zero-order valence-corrected chi connectivity index (χ0v) is 19.6. The van der Waals surface area contributed by atoms with E-state index in [0.717, 1.165) is 22.4 Å². The molecule has 176 valence electrons. The summed E-state index contributed by atoms with van der Waals surface area (Å²) in [6.07, 6.45) is 1.39. The summed E-state index contributed by atoms with van der Waals surface area (Å²) < 4.78 is 25.8. The van der Waals surface area contributed by atoms with Crippen LogP contribution in [0, 0.1) is 29.8 Å². The number of hydrogen-bond donors (Lipinski definition) is 0. The van der Waals surface area contributed by atoms with Gasteiger partial charge in [0.25, 0.3) is 5.69 Å². The van der Waals surface area contributed by atoms with Gasteiger partial charge >= 0.3 is 0 Å². The molecule has 2 heterocycles. The third kappa shape index (κ3) is 4.56. The summed E-state index contributed by atoms with van der Waals surface area (Å²) in [6, 6.07) is 14.8. The highest BCUT2D eigenvalue weighted by atomic mass is 32.1. The van der Waals surface area contributed by atoms with E-state index < -0.39 is 4.92 Å². The van der Waals surface area contributed by atoms with Crippen molar-refractivity contribution < 1.29 is 18.8 Å². The molecule has 0 N–H and O–H groups in total. The Labute approximate surface area is 203 Å². The number of fused-ring (bicyclic) bond motifs is 1. The fourth-order valence-corrected chi connectivity index (χ4v) is 4.52. The molecule has 10 heteroatoms. The predicted molar refractivity (Wildman–Crippen MR) is 131 cm³/mol. The lowest BCUT2D eigenvalue weighted by atomic mass is 10.1. The number of hydrogen-bond acceptors (Lipinski definition) is 7. The maximum Gasteiger partial charge on any atom is 0.282 e. The van der Waals surface area contributed by atoms with E-state index in [4.69, 9.17) is 14.5 Å². The minimum atomic E-state index is -0.497. The lowest BCUT2D eigenvalue weighted by Gasteiger charge is -2.05. The lowest BCUT2D eigenvalue weighted by Crippen LogP contribution is -2.12. The van der Waals surface area contributed by atoms with E-state index in [1.807, 2.05) is 37.4 Å². The normalized spacial score (nSPS) is 13.1. The van der Waals surface area contributed by atoms with E-state index >= 15 is 0 Å². The summed E-state index contributed by atoms with van der Waals surface area (Å²) in [7, 11) is 0. The first-order valence-electron chi connectivity index (χ1n) is 10.6. The Balaban J connectivity index is 1.66. The van der Waals surface area contributed by atoms with Gasteiger partial charge in [0.1, 0.15) is 5.82 Å². The molecule has 0 unspecified atom stereocenters. The van der Waals surface area contributed by atoms with Gasteiger partial charge in [-0.15, -0.1) is 11.3 Å². The molecule has 0 atom stereocenters. The zero-order valence-electron chi connectivity index (χ0n) is 18.8. The van der Waals surface area contributed by atoms with Crippen LogP contribution in [0.1, 0.15) is 16.7 Å². The van der Waals surface area contributed by atoms with Crippen molar-refractivity contribution in [2.75, 3.05) is 6.79 Å². The average molecular weight is 491 g/mol. The summed E-state index contributed by atoms with van der Waals surface area (Å²) in [6.45, 7) is 3.99. The molecule has 0 saturated heterocycles. The molecule has 0 bridgehead atoms. The molecule has 0 spiro atoms. The van der Waals surface area contributed by atoms with Crippen LogP contribution in [0.25, 0.3) is 11.3 Å². The first-order chi connectivity index (χ1) is 16.9. The molecule has 0 saturated carbocycles. The Hall–Kier alpha value is -4.31. The number of benzene rings is 3. The van der Waals surface area contributed by atoms with Crippen LogP contribution < -0.4 is 14.3 Å². The Morgan fingerprint density at radius 2 is 1.83 bits per heavy atom. The third-order valence-corrected chi connectivity index (χ3v) is 6.24. The molecule has 5 rings (SSSR count). The van der Waals surface area contributed by atoms with Gasteiger partial charge in [-0.05, 0) is 55.8 Å². The molecule has 4 aromatic rings. The summed E-state index contributed by atoms with van der Waals surface area (Å²) in [5.74, 6) is 0.371. The Morgan fingerprint density at radius 1 is 1.09 bits per heavy atom. The van der Waals surface area contributed by atoms with E-state index in [2.05, 4.69) is 5.10 Å². The van der Waals surface area contributed by atoms with Crippen LogP contribution in [-0.4, -0.2) is 22.6 Å². The van der Waals surface area contributed by atoms with Crippen LogP contribution in [-0.2, 0) is 0 Å². The van der Waals surface area contributed by atoms with Crippen LogP contribution >= 0.6 is 11.3 Å². The van der Waals surface area contributed by atoms with E-state index in [-0.39, 0.29) is 23.9 Å². The fraction of sp³-hybridized carbons (Fsp3) is 0.120. The second kappa shape index (κ2) is 9.15. The summed E-state index contributed by atoms with van der Waals surface area (Å²) >= 11 is 1.36. The van der Waals surface area contributed by atoms with E-state index in [1.165, 1.54) is 41.8 Å². The Morgan fingerprint density at radius 3 is 2.54 bits per heavy atom. The topological polar surface area (TPSA) is 91.2 Å². The van der Waals surface area contributed by atoms with Gasteiger partial charge in [-0.1, -0.05) is 17.7 Å². The van der Waals surface area contributed by atoms with Gasteiger partial charge in [0.2, 0.25) is 11.6 Å². The van der Waals surface area contributed by atoms with Crippen LogP contribution in [0.4, 0.5) is 15.8 Å². The maximum atomic E-state index is 13.5. The number of aryl methyl sites for hydroxylation is 2. The van der Waals surface area contributed by atoms with Gasteiger partial charge in [-0.2, -0.15) is 5.10 Å². The van der Waals surface area contributed by atoms with Crippen LogP contribution in [0.3, 0.4) is 0 Å². The monoisotopic (exact) mass is 490 g/mol. The van der Waals surface area contributed by atoms with Gasteiger partial charge in [-0.25, -0.2) is 14.1 Å². The zero-order chi connectivity index (χ0) is 24.5. The van der Waals surface area contributed by atoms with Crippen molar-refractivity contribution in [1.29, 1.82) is 0 Å². The van der Waals surface area contributed by atoms with Crippen molar-refractivity contribution in [3.63, 3.8) is 0 Å².